The van der Waals surface area contributed by atoms with Crippen molar-refractivity contribution in [1.82, 2.24) is 0 Å². The Morgan fingerprint density at radius 1 is 0.284 bits per heavy atom. The van der Waals surface area contributed by atoms with Crippen molar-refractivity contribution in [3.05, 3.63) is 181 Å². The minimum atomic E-state index is -0.505. The lowest BCUT2D eigenvalue weighted by Crippen LogP contribution is -2.10. The zero-order chi connectivity index (χ0) is 61.4. The van der Waals surface area contributed by atoms with Crippen molar-refractivity contribution in [3.8, 4) is 57.1 Å². The second kappa shape index (κ2) is 36.5. The van der Waals surface area contributed by atoms with E-state index in [0.29, 0.717) is 73.4 Å². The topological polar surface area (TPSA) is 142 Å². The molecule has 0 spiro atoms. The number of carbonyl (C=O) groups is 4. The molecular formula is C76H86O12. The fourth-order valence-corrected chi connectivity index (χ4v) is 10.4. The van der Waals surface area contributed by atoms with Crippen LogP contribution in [-0.2, 0) is 9.59 Å². The molecule has 0 aliphatic rings. The summed E-state index contributed by atoms with van der Waals surface area (Å²) in [6, 6.07) is 51.8. The second-order valence-electron chi connectivity index (χ2n) is 22.3. The highest BCUT2D eigenvalue weighted by atomic mass is 16.5. The van der Waals surface area contributed by atoms with Gasteiger partial charge in [0.2, 0.25) is 0 Å². The minimum Gasteiger partial charge on any atom is -0.494 e. The van der Waals surface area contributed by atoms with Crippen LogP contribution < -0.4 is 37.9 Å². The Bertz CT molecular complexity index is 3180. The minimum absolute atomic E-state index is 0.267. The van der Waals surface area contributed by atoms with Gasteiger partial charge in [0.15, 0.2) is 0 Å². The van der Waals surface area contributed by atoms with Crippen LogP contribution in [0.2, 0.25) is 0 Å². The molecule has 0 aliphatic carbocycles. The van der Waals surface area contributed by atoms with Crippen LogP contribution >= 0.6 is 0 Å². The number of rotatable bonds is 39. The predicted molar refractivity (Wildman–Crippen MR) is 349 cm³/mol. The third-order valence-corrected chi connectivity index (χ3v) is 15.3. The third-order valence-electron chi connectivity index (χ3n) is 15.3. The maximum atomic E-state index is 12.9. The smallest absolute Gasteiger partial charge is 0.343 e. The summed E-state index contributed by atoms with van der Waals surface area (Å²) >= 11 is 0. The quantitative estimate of drug-likeness (QED) is 0.0206. The molecule has 0 aromatic heterocycles. The predicted octanol–water partition coefficient (Wildman–Crippen LogP) is 19.4. The van der Waals surface area contributed by atoms with Crippen LogP contribution in [0.1, 0.15) is 176 Å². The first-order valence-corrected chi connectivity index (χ1v) is 32.1. The summed E-state index contributed by atoms with van der Waals surface area (Å²) in [5.41, 5.74) is 2.65. The molecule has 0 amide bonds. The van der Waals surface area contributed by atoms with Gasteiger partial charge in [-0.25, -0.2) is 9.59 Å². The number of hydrogen-bond donors (Lipinski definition) is 0. The maximum absolute atomic E-state index is 12.9. The number of fused-ring (bicyclic) bond motifs is 2. The highest BCUT2D eigenvalue weighted by Gasteiger charge is 2.20. The Labute approximate surface area is 519 Å². The molecule has 0 atom stereocenters. The molecule has 0 N–H and O–H groups in total. The maximum Gasteiger partial charge on any atom is 0.343 e. The van der Waals surface area contributed by atoms with Crippen molar-refractivity contribution < 1.29 is 57.1 Å². The lowest BCUT2D eigenvalue weighted by molar-refractivity contribution is -0.135. The first kappa shape index (κ1) is 65.3. The lowest BCUT2D eigenvalue weighted by Gasteiger charge is -2.20. The fraction of sp³-hybridized carbons (Fsp3) is 0.368. The van der Waals surface area contributed by atoms with Gasteiger partial charge in [0.25, 0.3) is 0 Å². The van der Waals surface area contributed by atoms with E-state index in [9.17, 15) is 19.2 Å². The van der Waals surface area contributed by atoms with Crippen molar-refractivity contribution in [2.75, 3.05) is 26.4 Å². The average Bonchev–Trinajstić information content (AvgIpc) is 1.06. The van der Waals surface area contributed by atoms with Crippen molar-refractivity contribution in [3.63, 3.8) is 0 Å². The monoisotopic (exact) mass is 1190 g/mol. The Kier molecular flexibility index (Phi) is 27.1. The van der Waals surface area contributed by atoms with Crippen LogP contribution in [0, 0.1) is 0 Å². The van der Waals surface area contributed by atoms with Gasteiger partial charge in [0.05, 0.1) is 37.6 Å². The van der Waals surface area contributed by atoms with E-state index in [4.69, 9.17) is 37.9 Å². The zero-order valence-corrected chi connectivity index (χ0v) is 51.4. The summed E-state index contributed by atoms with van der Waals surface area (Å²) in [7, 11) is 0. The van der Waals surface area contributed by atoms with Gasteiger partial charge in [-0.2, -0.15) is 0 Å². The average molecular weight is 1190 g/mol. The number of hydrogen-bond acceptors (Lipinski definition) is 12. The molecule has 8 aromatic carbocycles. The molecule has 0 fully saturated rings. The van der Waals surface area contributed by atoms with E-state index in [1.54, 1.807) is 97.1 Å². The van der Waals surface area contributed by atoms with Crippen molar-refractivity contribution in [1.29, 1.82) is 0 Å². The van der Waals surface area contributed by atoms with Crippen LogP contribution in [0.5, 0.6) is 46.0 Å². The van der Waals surface area contributed by atoms with E-state index in [1.165, 1.54) is 51.4 Å². The van der Waals surface area contributed by atoms with E-state index in [-0.39, 0.29) is 24.8 Å². The molecule has 0 unspecified atom stereocenters. The van der Waals surface area contributed by atoms with Gasteiger partial charge in [-0.3, -0.25) is 9.59 Å². The van der Waals surface area contributed by atoms with Crippen molar-refractivity contribution in [2.24, 2.45) is 0 Å². The fourth-order valence-electron chi connectivity index (χ4n) is 10.4. The van der Waals surface area contributed by atoms with E-state index in [1.807, 2.05) is 36.4 Å². The molecule has 88 heavy (non-hydrogen) atoms. The molecule has 8 aromatic rings. The summed E-state index contributed by atoms with van der Waals surface area (Å²) < 4.78 is 47.3. The Morgan fingerprint density at radius 3 is 0.977 bits per heavy atom. The van der Waals surface area contributed by atoms with Gasteiger partial charge < -0.3 is 37.9 Å². The third kappa shape index (κ3) is 21.3. The highest BCUT2D eigenvalue weighted by molar-refractivity contribution is 6.09. The summed E-state index contributed by atoms with van der Waals surface area (Å²) in [5.74, 6) is 2.93. The Balaban J connectivity index is 0.736. The molecule has 0 aliphatic heterocycles. The van der Waals surface area contributed by atoms with Crippen LogP contribution in [0.3, 0.4) is 0 Å². The first-order valence-electron chi connectivity index (χ1n) is 32.1. The molecule has 462 valence electrons. The van der Waals surface area contributed by atoms with Gasteiger partial charge >= 0.3 is 23.9 Å². The van der Waals surface area contributed by atoms with Crippen LogP contribution in [0.25, 0.3) is 32.7 Å². The molecule has 12 heteroatoms. The number of esters is 4. The first-order chi connectivity index (χ1) is 43.2. The van der Waals surface area contributed by atoms with Gasteiger partial charge in [0, 0.05) is 24.0 Å². The van der Waals surface area contributed by atoms with E-state index in [0.717, 1.165) is 120 Å². The molecule has 0 saturated heterocycles. The summed E-state index contributed by atoms with van der Waals surface area (Å²) in [5, 5.41) is 4.31. The Morgan fingerprint density at radius 2 is 0.591 bits per heavy atom. The van der Waals surface area contributed by atoms with E-state index in [2.05, 4.69) is 50.2 Å². The van der Waals surface area contributed by atoms with Crippen LogP contribution in [0.4, 0.5) is 0 Å². The Hall–Kier alpha value is -8.64. The number of ether oxygens (including phenoxy) is 8. The SMILES string of the molecule is CCCCCCCCOc1ccc(OC(=O)c2ccc(OC(=O)CCCCCCOc3ccc4ccccc4c3-c3c(OCCCCCCC(=O)Oc4ccc(C(=O)Oc5ccc(OCCCCCCCC)cc5)cc4)ccc4ccccc34)cc2)cc1. The number of carbonyl (C=O) groups excluding carboxylic acids is 4. The zero-order valence-electron chi connectivity index (χ0n) is 51.4. The molecule has 0 bridgehead atoms. The van der Waals surface area contributed by atoms with Crippen molar-refractivity contribution >= 4 is 45.4 Å². The number of unbranched alkanes of at least 4 members (excludes halogenated alkanes) is 16. The lowest BCUT2D eigenvalue weighted by atomic mass is 9.92. The summed E-state index contributed by atoms with van der Waals surface area (Å²) in [4.78, 5) is 51.4. The number of benzene rings is 8. The van der Waals surface area contributed by atoms with Gasteiger partial charge in [0.1, 0.15) is 46.0 Å². The van der Waals surface area contributed by atoms with Gasteiger partial charge in [-0.15, -0.1) is 0 Å². The normalized spacial score (nSPS) is 11.1. The van der Waals surface area contributed by atoms with E-state index < -0.39 is 11.9 Å². The molecule has 0 radical (unpaired) electrons. The van der Waals surface area contributed by atoms with Gasteiger partial charge in [-0.1, -0.05) is 164 Å². The summed E-state index contributed by atoms with van der Waals surface area (Å²) in [6.45, 7) is 6.74. The van der Waals surface area contributed by atoms with Crippen LogP contribution in [-0.4, -0.2) is 50.3 Å². The van der Waals surface area contributed by atoms with E-state index >= 15 is 0 Å². The standard InChI is InChI=1S/C76H86O12/c1-3-5-7-9-13-23-53-81-61-43-47-65(48-44-61)87-75(79)59-33-39-63(40-34-59)85-71(77)31-17-11-15-25-55-83-69-51-37-57-27-19-21-29-67(57)73(69)74-68-30-22-20-28-58(68)38-52-70(74)84-56-26-16-12-18-32-72(78)86-64-41-35-60(36-42-64)76(80)88-66-49-45-62(46-50-66)82-54-24-14-10-8-6-4-2/h19-22,27-30,33-52H,3-18,23-26,31-32,53-56H2,1-2H3. The molecule has 12 nitrogen and oxygen atoms in total. The highest BCUT2D eigenvalue weighted by Crippen LogP contribution is 2.46. The molecular weight excluding hydrogens is 1100 g/mol. The molecule has 8 rings (SSSR count). The second-order valence-corrected chi connectivity index (χ2v) is 22.3. The van der Waals surface area contributed by atoms with Crippen LogP contribution in [0.15, 0.2) is 170 Å². The summed E-state index contributed by atoms with van der Waals surface area (Å²) in [6.07, 6.45) is 21.2. The molecule has 0 saturated carbocycles. The van der Waals surface area contributed by atoms with Crippen molar-refractivity contribution in [2.45, 2.75) is 155 Å². The largest absolute Gasteiger partial charge is 0.494 e. The van der Waals surface area contributed by atoms with Gasteiger partial charge in [-0.05, 0) is 169 Å². The molecule has 0 heterocycles.